The van der Waals surface area contributed by atoms with Crippen LogP contribution < -0.4 is 5.32 Å². The lowest BCUT2D eigenvalue weighted by atomic mass is 9.99. The number of allylic oxidation sites excluding steroid dienone is 7. The van der Waals surface area contributed by atoms with Gasteiger partial charge < -0.3 is 45.1 Å². The molecule has 7 atom stereocenters. The first-order valence-electron chi connectivity index (χ1n) is 43.4. The second-order valence-corrected chi connectivity index (χ2v) is 30.2. The van der Waals surface area contributed by atoms with Crippen molar-refractivity contribution in [2.24, 2.45) is 0 Å². The van der Waals surface area contributed by atoms with Crippen molar-refractivity contribution in [1.29, 1.82) is 0 Å². The third-order valence-electron chi connectivity index (χ3n) is 20.7. The van der Waals surface area contributed by atoms with Gasteiger partial charge in [0.25, 0.3) is 0 Å². The fourth-order valence-electron chi connectivity index (χ4n) is 13.9. The summed E-state index contributed by atoms with van der Waals surface area (Å²) in [6.45, 7) is 4.38. The Balaban J connectivity index is 1.88. The van der Waals surface area contributed by atoms with Crippen LogP contribution in [-0.4, -0.2) is 100 Å². The maximum Gasteiger partial charge on any atom is 0.305 e. The van der Waals surface area contributed by atoms with Gasteiger partial charge in [0, 0.05) is 12.8 Å². The second-order valence-electron chi connectivity index (χ2n) is 30.2. The summed E-state index contributed by atoms with van der Waals surface area (Å²) >= 11 is 0. The van der Waals surface area contributed by atoms with Gasteiger partial charge in [-0.1, -0.05) is 383 Å². The van der Waals surface area contributed by atoms with Crippen LogP contribution in [0.15, 0.2) is 48.6 Å². The molecule has 1 saturated heterocycles. The highest BCUT2D eigenvalue weighted by atomic mass is 16.7. The Hall–Kier alpha value is -2.38. The smallest absolute Gasteiger partial charge is 0.305 e. The second kappa shape index (κ2) is 76.7. The highest BCUT2D eigenvalue weighted by molar-refractivity contribution is 5.76. The quantitative estimate of drug-likeness (QED) is 0.0195. The maximum absolute atomic E-state index is 13.1. The zero-order valence-electron chi connectivity index (χ0n) is 65.2. The summed E-state index contributed by atoms with van der Waals surface area (Å²) in [7, 11) is 0. The fourth-order valence-corrected chi connectivity index (χ4v) is 13.9. The zero-order valence-corrected chi connectivity index (χ0v) is 65.2. The maximum atomic E-state index is 13.1. The van der Waals surface area contributed by atoms with E-state index in [1.54, 1.807) is 6.08 Å². The molecule has 582 valence electrons. The number of unbranched alkanes of at least 4 members (excludes halogenated alkanes) is 58. The van der Waals surface area contributed by atoms with E-state index in [0.717, 1.165) is 64.2 Å². The minimum atomic E-state index is -1.57. The molecule has 0 bridgehead atoms. The van der Waals surface area contributed by atoms with E-state index in [4.69, 9.17) is 14.2 Å². The third kappa shape index (κ3) is 64.9. The van der Waals surface area contributed by atoms with Gasteiger partial charge in [-0.15, -0.1) is 0 Å². The zero-order chi connectivity index (χ0) is 71.5. The van der Waals surface area contributed by atoms with E-state index < -0.39 is 49.5 Å². The van der Waals surface area contributed by atoms with Crippen molar-refractivity contribution in [2.75, 3.05) is 19.8 Å². The van der Waals surface area contributed by atoms with E-state index >= 15 is 0 Å². The van der Waals surface area contributed by atoms with Crippen LogP contribution in [-0.2, 0) is 23.8 Å². The molecule has 1 fully saturated rings. The van der Waals surface area contributed by atoms with Crippen molar-refractivity contribution in [1.82, 2.24) is 5.32 Å². The van der Waals surface area contributed by atoms with Crippen molar-refractivity contribution in [3.05, 3.63) is 48.6 Å². The molecule has 1 aliphatic rings. The van der Waals surface area contributed by atoms with E-state index in [1.165, 1.54) is 347 Å². The van der Waals surface area contributed by atoms with E-state index in [-0.39, 0.29) is 18.5 Å². The Labute approximate surface area is 612 Å². The van der Waals surface area contributed by atoms with Gasteiger partial charge in [-0.3, -0.25) is 9.59 Å². The molecule has 11 heteroatoms. The lowest BCUT2D eigenvalue weighted by molar-refractivity contribution is -0.302. The van der Waals surface area contributed by atoms with Gasteiger partial charge in [0.1, 0.15) is 24.4 Å². The number of carbonyl (C=O) groups is 2. The predicted octanol–water partition coefficient (Wildman–Crippen LogP) is 24.2. The normalized spacial score (nSPS) is 17.3. The van der Waals surface area contributed by atoms with E-state index in [2.05, 4.69) is 55.6 Å². The van der Waals surface area contributed by atoms with Crippen molar-refractivity contribution in [3.8, 4) is 0 Å². The first-order valence-corrected chi connectivity index (χ1v) is 43.4. The van der Waals surface area contributed by atoms with Gasteiger partial charge in [0.15, 0.2) is 6.29 Å². The van der Waals surface area contributed by atoms with Crippen LogP contribution in [0.2, 0.25) is 0 Å². The highest BCUT2D eigenvalue weighted by Gasteiger charge is 2.44. The molecule has 1 aliphatic heterocycles. The highest BCUT2D eigenvalue weighted by Crippen LogP contribution is 2.24. The van der Waals surface area contributed by atoms with Crippen LogP contribution in [0.3, 0.4) is 0 Å². The molecule has 99 heavy (non-hydrogen) atoms. The van der Waals surface area contributed by atoms with Gasteiger partial charge in [-0.25, -0.2) is 0 Å². The van der Waals surface area contributed by atoms with Gasteiger partial charge in [-0.2, -0.15) is 0 Å². The van der Waals surface area contributed by atoms with Crippen molar-refractivity contribution >= 4 is 11.9 Å². The molecule has 7 unspecified atom stereocenters. The third-order valence-corrected chi connectivity index (χ3v) is 20.7. The molecule has 6 N–H and O–H groups in total. The van der Waals surface area contributed by atoms with Crippen LogP contribution in [0.5, 0.6) is 0 Å². The first-order chi connectivity index (χ1) is 48.7. The predicted molar refractivity (Wildman–Crippen MR) is 421 cm³/mol. The van der Waals surface area contributed by atoms with Gasteiger partial charge in [0.05, 0.1) is 32.0 Å². The molecule has 0 aromatic carbocycles. The number of ether oxygens (including phenoxy) is 3. The Morgan fingerprint density at radius 2 is 0.677 bits per heavy atom. The van der Waals surface area contributed by atoms with Crippen LogP contribution >= 0.6 is 0 Å². The number of esters is 1. The summed E-state index contributed by atoms with van der Waals surface area (Å²) in [5.41, 5.74) is 0. The van der Waals surface area contributed by atoms with E-state index in [1.807, 2.05) is 6.08 Å². The molecule has 1 heterocycles. The Morgan fingerprint density at radius 3 is 1.05 bits per heavy atom. The fraction of sp³-hybridized carbons (Fsp3) is 0.886. The van der Waals surface area contributed by atoms with Crippen molar-refractivity contribution in [2.45, 2.75) is 480 Å². The molecule has 0 aromatic heterocycles. The molecule has 1 amide bonds. The number of carbonyl (C=O) groups excluding carboxylic acids is 2. The SMILES string of the molecule is CCCCC/C=C\C/C=C\CCCCCCCCCC(=O)OCCCCCCCCCCCCCCCCCCCC/C=C\CCCCCCCCCCCCCCCCCCCC(=O)NC(COC1OC(CO)C(O)C(O)C1O)C(O)/C=C/CCCCCCCCCCCCCCC. The summed E-state index contributed by atoms with van der Waals surface area (Å²) < 4.78 is 16.8. The van der Waals surface area contributed by atoms with Crippen LogP contribution in [0.1, 0.15) is 438 Å². The number of rotatable bonds is 78. The molecule has 0 saturated carbocycles. The van der Waals surface area contributed by atoms with E-state index in [9.17, 15) is 35.1 Å². The minimum Gasteiger partial charge on any atom is -0.466 e. The lowest BCUT2D eigenvalue weighted by Gasteiger charge is -2.40. The number of hydrogen-bond donors (Lipinski definition) is 6. The molecule has 0 spiro atoms. The Morgan fingerprint density at radius 1 is 0.374 bits per heavy atom. The van der Waals surface area contributed by atoms with Crippen LogP contribution in [0.4, 0.5) is 0 Å². The van der Waals surface area contributed by atoms with Gasteiger partial charge >= 0.3 is 5.97 Å². The summed E-state index contributed by atoms with van der Waals surface area (Å²) in [6.07, 6.45) is 93.0. The van der Waals surface area contributed by atoms with Crippen LogP contribution in [0, 0.1) is 0 Å². The molecule has 11 nitrogen and oxygen atoms in total. The molecule has 0 aliphatic carbocycles. The van der Waals surface area contributed by atoms with Crippen molar-refractivity contribution in [3.63, 3.8) is 0 Å². The summed E-state index contributed by atoms with van der Waals surface area (Å²) in [4.78, 5) is 25.2. The number of aliphatic hydroxyl groups is 5. The Kier molecular flexibility index (Phi) is 73.4. The molecular formula is C88H165NO10. The summed E-state index contributed by atoms with van der Waals surface area (Å²) in [5.74, 6) is -0.164. The van der Waals surface area contributed by atoms with Crippen LogP contribution in [0.25, 0.3) is 0 Å². The monoisotopic (exact) mass is 1400 g/mol. The Bertz CT molecular complexity index is 1790. The average Bonchev–Trinajstić information content (AvgIpc) is 0.827. The number of nitrogens with one attached hydrogen (secondary N) is 1. The molecule has 0 radical (unpaired) electrons. The summed E-state index contributed by atoms with van der Waals surface area (Å²) in [5, 5.41) is 54.7. The number of hydrogen-bond acceptors (Lipinski definition) is 10. The van der Waals surface area contributed by atoms with Gasteiger partial charge in [-0.05, 0) is 89.9 Å². The average molecular weight is 1400 g/mol. The first kappa shape index (κ1) is 94.6. The molecule has 0 aromatic rings. The topological polar surface area (TPSA) is 175 Å². The minimum absolute atomic E-state index is 0.00958. The molecular weight excluding hydrogens is 1230 g/mol. The van der Waals surface area contributed by atoms with Gasteiger partial charge in [0.2, 0.25) is 5.91 Å². The number of amides is 1. The standard InChI is InChI=1S/C88H165NO10/c1-3-5-7-9-11-13-15-17-19-43-48-52-56-60-64-68-72-76-84(93)97-77-73-69-65-61-57-53-49-45-42-40-38-36-34-32-30-28-26-24-22-20-21-23-25-27-29-31-33-35-37-39-41-44-47-51-55-59-63-67-71-75-83(92)89-80(79-98-88-87(96)86(95)85(94)82(78-90)99-88)81(91)74-70-66-62-58-54-50-46-18-16-14-12-10-8-6-4-2/h11,13,17,19-21,70,74,80-82,85-88,90-91,94-96H,3-10,12,14-16,18,22-69,71-73,75-79H2,1-2H3,(H,89,92)/b13-11-,19-17-,21-20-,74-70+. The van der Waals surface area contributed by atoms with E-state index in [0.29, 0.717) is 19.4 Å². The van der Waals surface area contributed by atoms with Crippen molar-refractivity contribution < 1.29 is 49.3 Å². The summed E-state index contributed by atoms with van der Waals surface area (Å²) in [6, 6.07) is -0.808. The largest absolute Gasteiger partial charge is 0.466 e. The lowest BCUT2D eigenvalue weighted by Crippen LogP contribution is -2.60. The number of aliphatic hydroxyl groups excluding tert-OH is 5. The molecule has 1 rings (SSSR count).